The standard InChI is InChI=1S/C60H32/c1-7-19-39-33(13-1)34-14-2-8-20-40(34)50-30-52-46-26-10-22-42-36-16-4-6-18-38(36)44-24-12-28-48(60(44)58(42)46)54(52)32-56(50)55-31-53-47-27-11-23-43-37-17-5-3-15-35(37)41-21-9-25-45(57(41)59(43)47)51(53)29-49(39)55/h1-32H. The first-order valence-electron chi connectivity index (χ1n) is 21.1. The molecule has 0 saturated heterocycles. The molecule has 0 aliphatic heterocycles. The van der Waals surface area contributed by atoms with Crippen LogP contribution < -0.4 is 0 Å². The predicted octanol–water partition coefficient (Wildman–Crippen LogP) is 17.3. The summed E-state index contributed by atoms with van der Waals surface area (Å²) >= 11 is 0. The van der Waals surface area contributed by atoms with Crippen molar-refractivity contribution in [2.45, 2.75) is 0 Å². The highest BCUT2D eigenvalue weighted by molar-refractivity contribution is 6.44. The van der Waals surface area contributed by atoms with Gasteiger partial charge in [0, 0.05) is 0 Å². The van der Waals surface area contributed by atoms with E-state index in [0.717, 1.165) is 0 Å². The summed E-state index contributed by atoms with van der Waals surface area (Å²) in [5, 5.41) is 36.6. The molecular weight excluding hydrogens is 721 g/mol. The molecule has 0 aliphatic rings. The first-order valence-corrected chi connectivity index (χ1v) is 21.1. The van der Waals surface area contributed by atoms with Crippen molar-refractivity contribution < 1.29 is 0 Å². The van der Waals surface area contributed by atoms with E-state index in [0.29, 0.717) is 0 Å². The lowest BCUT2D eigenvalue weighted by molar-refractivity contribution is 1.79. The van der Waals surface area contributed by atoms with E-state index in [9.17, 15) is 0 Å². The fourth-order valence-electron chi connectivity index (χ4n) is 11.9. The minimum atomic E-state index is 1.27. The molecule has 0 spiro atoms. The summed E-state index contributed by atoms with van der Waals surface area (Å²) in [5.74, 6) is 0. The zero-order valence-corrected chi connectivity index (χ0v) is 32.5. The first kappa shape index (κ1) is 31.2. The van der Waals surface area contributed by atoms with Crippen LogP contribution in [0.25, 0.3) is 151 Å². The highest BCUT2D eigenvalue weighted by Gasteiger charge is 2.21. The highest BCUT2D eigenvalue weighted by Crippen LogP contribution is 2.49. The Morgan fingerprint density at radius 2 is 0.250 bits per heavy atom. The van der Waals surface area contributed by atoms with Gasteiger partial charge in [-0.1, -0.05) is 170 Å². The van der Waals surface area contributed by atoms with E-state index in [1.165, 1.54) is 151 Å². The Balaban J connectivity index is 1.25. The second kappa shape index (κ2) is 11.0. The molecule has 60 heavy (non-hydrogen) atoms. The third-order valence-electron chi connectivity index (χ3n) is 14.3. The van der Waals surface area contributed by atoms with Crippen LogP contribution in [-0.4, -0.2) is 0 Å². The van der Waals surface area contributed by atoms with Crippen LogP contribution in [0.3, 0.4) is 0 Å². The van der Waals surface area contributed by atoms with Crippen molar-refractivity contribution in [3.05, 3.63) is 194 Å². The summed E-state index contributed by atoms with van der Waals surface area (Å²) in [6.45, 7) is 0. The monoisotopic (exact) mass is 752 g/mol. The predicted molar refractivity (Wildman–Crippen MR) is 263 cm³/mol. The summed E-state index contributed by atoms with van der Waals surface area (Å²) in [7, 11) is 0. The largest absolute Gasteiger partial charge is 0.0616 e. The molecule has 0 saturated carbocycles. The van der Waals surface area contributed by atoms with Gasteiger partial charge in [-0.25, -0.2) is 0 Å². The molecule has 0 bridgehead atoms. The smallest absolute Gasteiger partial charge is 0.00139 e. The van der Waals surface area contributed by atoms with Crippen LogP contribution in [0.5, 0.6) is 0 Å². The Morgan fingerprint density at radius 1 is 0.117 bits per heavy atom. The van der Waals surface area contributed by atoms with Crippen molar-refractivity contribution in [2.75, 3.05) is 0 Å². The topological polar surface area (TPSA) is 0 Å². The van der Waals surface area contributed by atoms with Crippen LogP contribution in [0, 0.1) is 0 Å². The van der Waals surface area contributed by atoms with Gasteiger partial charge < -0.3 is 0 Å². The van der Waals surface area contributed by atoms with E-state index in [2.05, 4.69) is 194 Å². The van der Waals surface area contributed by atoms with E-state index in [1.807, 2.05) is 0 Å². The lowest BCUT2D eigenvalue weighted by Gasteiger charge is -2.19. The molecule has 0 unspecified atom stereocenters. The van der Waals surface area contributed by atoms with Crippen LogP contribution in [0.15, 0.2) is 194 Å². The summed E-state index contributed by atoms with van der Waals surface area (Å²) in [5.41, 5.74) is 0. The Kier molecular flexibility index (Phi) is 5.74. The molecule has 15 rings (SSSR count). The summed E-state index contributed by atoms with van der Waals surface area (Å²) in [6.07, 6.45) is 0. The van der Waals surface area contributed by atoms with Gasteiger partial charge >= 0.3 is 0 Å². The van der Waals surface area contributed by atoms with Crippen molar-refractivity contribution in [3.63, 3.8) is 0 Å². The van der Waals surface area contributed by atoms with Gasteiger partial charge in [-0.15, -0.1) is 0 Å². The van der Waals surface area contributed by atoms with Crippen LogP contribution in [0.4, 0.5) is 0 Å². The summed E-state index contributed by atoms with van der Waals surface area (Å²) < 4.78 is 0. The SMILES string of the molecule is c1ccc2c(c1)c1ccccc1c1cc3c(cc1c1cc4c(cc21)c1cccc2c5ccccc5c5cccc4c5c21)c1cccc2c4ccccc4c4cccc3c4c21. The molecule has 0 atom stereocenters. The highest BCUT2D eigenvalue weighted by atomic mass is 14.2. The number of benzene rings is 14. The maximum Gasteiger partial charge on any atom is -0.00139 e. The quantitative estimate of drug-likeness (QED) is 0.107. The summed E-state index contributed by atoms with van der Waals surface area (Å²) in [6, 6.07) is 74.1. The Morgan fingerprint density at radius 3 is 0.483 bits per heavy atom. The zero-order valence-electron chi connectivity index (χ0n) is 32.5. The van der Waals surface area contributed by atoms with Crippen molar-refractivity contribution >= 4 is 151 Å². The van der Waals surface area contributed by atoms with E-state index in [1.54, 1.807) is 0 Å². The van der Waals surface area contributed by atoms with Crippen LogP contribution in [0.2, 0.25) is 0 Å². The molecule has 0 radical (unpaired) electrons. The molecule has 272 valence electrons. The number of hydrogen-bond donors (Lipinski definition) is 0. The molecule has 0 N–H and O–H groups in total. The minimum absolute atomic E-state index is 1.27. The Bertz CT molecular complexity index is 4170. The van der Waals surface area contributed by atoms with E-state index in [-0.39, 0.29) is 0 Å². The number of rotatable bonds is 0. The zero-order chi connectivity index (χ0) is 38.8. The lowest BCUT2D eigenvalue weighted by Crippen LogP contribution is -1.91. The summed E-state index contributed by atoms with van der Waals surface area (Å²) in [4.78, 5) is 0. The van der Waals surface area contributed by atoms with Crippen LogP contribution in [0.1, 0.15) is 0 Å². The normalized spacial score (nSPS) is 12.7. The van der Waals surface area contributed by atoms with Crippen LogP contribution in [-0.2, 0) is 0 Å². The van der Waals surface area contributed by atoms with Gasteiger partial charge in [0.05, 0.1) is 0 Å². The minimum Gasteiger partial charge on any atom is -0.0616 e. The molecule has 0 fully saturated rings. The fourth-order valence-corrected chi connectivity index (χ4v) is 11.9. The number of fused-ring (bicyclic) bond motifs is 20. The van der Waals surface area contributed by atoms with E-state index < -0.39 is 0 Å². The average molecular weight is 753 g/mol. The Hall–Kier alpha value is -7.80. The molecule has 15 aromatic rings. The van der Waals surface area contributed by atoms with Gasteiger partial charge in [0.25, 0.3) is 0 Å². The lowest BCUT2D eigenvalue weighted by atomic mass is 9.83. The van der Waals surface area contributed by atoms with Crippen molar-refractivity contribution in [2.24, 2.45) is 0 Å². The molecule has 15 aromatic carbocycles. The van der Waals surface area contributed by atoms with Crippen LogP contribution >= 0.6 is 0 Å². The molecule has 0 nitrogen and oxygen atoms in total. The fraction of sp³-hybridized carbons (Fsp3) is 0. The van der Waals surface area contributed by atoms with Crippen molar-refractivity contribution in [1.29, 1.82) is 0 Å². The molecule has 0 heteroatoms. The van der Waals surface area contributed by atoms with Gasteiger partial charge in [-0.3, -0.25) is 0 Å². The Labute approximate surface area is 343 Å². The van der Waals surface area contributed by atoms with Gasteiger partial charge in [0.15, 0.2) is 0 Å². The van der Waals surface area contributed by atoms with Gasteiger partial charge in [-0.05, 0) is 175 Å². The molecule has 0 aliphatic carbocycles. The van der Waals surface area contributed by atoms with Gasteiger partial charge in [-0.2, -0.15) is 0 Å². The third-order valence-corrected chi connectivity index (χ3v) is 14.3. The average Bonchev–Trinajstić information content (AvgIpc) is 3.32. The second-order valence-electron chi connectivity index (χ2n) is 17.0. The van der Waals surface area contributed by atoms with Gasteiger partial charge in [0.1, 0.15) is 0 Å². The van der Waals surface area contributed by atoms with Gasteiger partial charge in [0.2, 0.25) is 0 Å². The molecule has 0 amide bonds. The maximum absolute atomic E-state index is 2.55. The first-order chi connectivity index (χ1) is 29.8. The second-order valence-corrected chi connectivity index (χ2v) is 17.0. The third kappa shape index (κ3) is 3.74. The van der Waals surface area contributed by atoms with E-state index >= 15 is 0 Å². The van der Waals surface area contributed by atoms with Crippen molar-refractivity contribution in [3.8, 4) is 0 Å². The maximum atomic E-state index is 2.55. The molecule has 0 heterocycles. The van der Waals surface area contributed by atoms with Crippen molar-refractivity contribution in [1.82, 2.24) is 0 Å². The molecule has 0 aromatic heterocycles. The number of hydrogen-bond acceptors (Lipinski definition) is 0. The molecular formula is C60H32. The van der Waals surface area contributed by atoms with E-state index in [4.69, 9.17) is 0 Å².